The van der Waals surface area contributed by atoms with Crippen LogP contribution < -0.4 is 19.7 Å². The lowest BCUT2D eigenvalue weighted by Crippen LogP contribution is -2.40. The third kappa shape index (κ3) is 6.60. The Balaban J connectivity index is 1.32. The summed E-state index contributed by atoms with van der Waals surface area (Å²) in [5.41, 5.74) is 2.18. The molecule has 8 nitrogen and oxygen atoms in total. The number of nitrogens with zero attached hydrogens (tertiary/aromatic N) is 1. The van der Waals surface area contributed by atoms with Crippen LogP contribution in [0.1, 0.15) is 48.5 Å². The van der Waals surface area contributed by atoms with Crippen molar-refractivity contribution in [1.82, 2.24) is 5.32 Å². The Morgan fingerprint density at radius 1 is 1.17 bits per heavy atom. The lowest BCUT2D eigenvalue weighted by molar-refractivity contribution is -0.123. The Hall–Kier alpha value is -3.39. The van der Waals surface area contributed by atoms with Crippen molar-refractivity contribution in [1.29, 1.82) is 0 Å². The SMILES string of the molecule is CCc1ccc(OCC(=O)c2ccc3c(c2)N(CCCC(=O)NCC2CCCO2)C(=O)CO3)cc1. The molecule has 35 heavy (non-hydrogen) atoms. The van der Waals surface area contributed by atoms with Gasteiger partial charge in [0.25, 0.3) is 5.91 Å². The number of hydrogen-bond donors (Lipinski definition) is 1. The first-order valence-electron chi connectivity index (χ1n) is 12.2. The van der Waals surface area contributed by atoms with E-state index in [0.717, 1.165) is 25.9 Å². The first-order valence-corrected chi connectivity index (χ1v) is 12.2. The topological polar surface area (TPSA) is 94.2 Å². The van der Waals surface area contributed by atoms with Crippen molar-refractivity contribution in [2.45, 2.75) is 45.1 Å². The second-order valence-electron chi connectivity index (χ2n) is 8.77. The number of Topliss-reactive ketones (excluding diaryl/α,β-unsaturated/α-hetero) is 1. The number of hydrogen-bond acceptors (Lipinski definition) is 6. The van der Waals surface area contributed by atoms with Gasteiger partial charge in [0.05, 0.1) is 11.8 Å². The van der Waals surface area contributed by atoms with Crippen molar-refractivity contribution in [2.75, 3.05) is 37.8 Å². The third-order valence-corrected chi connectivity index (χ3v) is 6.26. The minimum absolute atomic E-state index is 0.0607. The van der Waals surface area contributed by atoms with Gasteiger partial charge in [0.15, 0.2) is 19.0 Å². The maximum Gasteiger partial charge on any atom is 0.265 e. The molecule has 186 valence electrons. The minimum Gasteiger partial charge on any atom is -0.485 e. The molecule has 2 heterocycles. The van der Waals surface area contributed by atoms with Gasteiger partial charge < -0.3 is 24.4 Å². The highest BCUT2D eigenvalue weighted by Gasteiger charge is 2.26. The second kappa shape index (κ2) is 11.8. The zero-order valence-electron chi connectivity index (χ0n) is 20.1. The predicted octanol–water partition coefficient (Wildman–Crippen LogP) is 3.31. The summed E-state index contributed by atoms with van der Waals surface area (Å²) >= 11 is 0. The third-order valence-electron chi connectivity index (χ3n) is 6.26. The van der Waals surface area contributed by atoms with Gasteiger partial charge in [-0.1, -0.05) is 19.1 Å². The maximum atomic E-state index is 12.8. The number of carbonyl (C=O) groups is 3. The van der Waals surface area contributed by atoms with Gasteiger partial charge in [0.2, 0.25) is 5.91 Å². The fraction of sp³-hybridized carbons (Fsp3) is 0.444. The molecule has 0 radical (unpaired) electrons. The van der Waals surface area contributed by atoms with E-state index in [1.807, 2.05) is 24.3 Å². The molecular formula is C27H32N2O6. The minimum atomic E-state index is -0.200. The number of carbonyl (C=O) groups excluding carboxylic acids is 3. The molecule has 0 aromatic heterocycles. The largest absolute Gasteiger partial charge is 0.485 e. The van der Waals surface area contributed by atoms with E-state index < -0.39 is 0 Å². The van der Waals surface area contributed by atoms with E-state index in [9.17, 15) is 14.4 Å². The standard InChI is InChI=1S/C27H32N2O6/c1-2-19-7-10-21(11-8-19)34-17-24(30)20-9-12-25-23(15-20)29(27(32)18-35-25)13-3-6-26(31)28-16-22-5-4-14-33-22/h7-12,15,22H,2-6,13-14,16-18H2,1H3,(H,28,31). The highest BCUT2D eigenvalue weighted by molar-refractivity contribution is 6.02. The predicted molar refractivity (Wildman–Crippen MR) is 131 cm³/mol. The summed E-state index contributed by atoms with van der Waals surface area (Å²) in [7, 11) is 0. The number of aryl methyl sites for hydroxylation is 1. The van der Waals surface area contributed by atoms with Gasteiger partial charge in [-0.15, -0.1) is 0 Å². The van der Waals surface area contributed by atoms with Crippen LogP contribution in [0, 0.1) is 0 Å². The zero-order valence-corrected chi connectivity index (χ0v) is 20.1. The van der Waals surface area contributed by atoms with Gasteiger partial charge in [0, 0.05) is 31.7 Å². The molecular weight excluding hydrogens is 448 g/mol. The Bertz CT molecular complexity index is 1050. The van der Waals surface area contributed by atoms with E-state index >= 15 is 0 Å². The number of amides is 2. The Morgan fingerprint density at radius 2 is 2.00 bits per heavy atom. The van der Waals surface area contributed by atoms with Crippen LogP contribution >= 0.6 is 0 Å². The molecule has 4 rings (SSSR count). The molecule has 1 fully saturated rings. The molecule has 0 bridgehead atoms. The van der Waals surface area contributed by atoms with Crippen molar-refractivity contribution in [3.63, 3.8) is 0 Å². The van der Waals surface area contributed by atoms with Crippen LogP contribution in [0.25, 0.3) is 0 Å². The van der Waals surface area contributed by atoms with E-state index in [1.165, 1.54) is 5.56 Å². The molecule has 0 saturated carbocycles. The van der Waals surface area contributed by atoms with Crippen molar-refractivity contribution < 1.29 is 28.6 Å². The second-order valence-corrected chi connectivity index (χ2v) is 8.77. The highest BCUT2D eigenvalue weighted by atomic mass is 16.5. The smallest absolute Gasteiger partial charge is 0.265 e. The number of anilines is 1. The molecule has 2 aliphatic heterocycles. The van der Waals surface area contributed by atoms with Crippen LogP contribution in [0.5, 0.6) is 11.5 Å². The summed E-state index contributed by atoms with van der Waals surface area (Å²) in [6.45, 7) is 3.54. The first-order chi connectivity index (χ1) is 17.0. The van der Waals surface area contributed by atoms with Crippen molar-refractivity contribution >= 4 is 23.3 Å². The molecule has 1 atom stereocenters. The fourth-order valence-corrected chi connectivity index (χ4v) is 4.19. The van der Waals surface area contributed by atoms with Gasteiger partial charge in [-0.05, 0) is 61.6 Å². The van der Waals surface area contributed by atoms with Crippen LogP contribution in [-0.4, -0.2) is 56.6 Å². The van der Waals surface area contributed by atoms with E-state index in [1.54, 1.807) is 23.1 Å². The highest BCUT2D eigenvalue weighted by Crippen LogP contribution is 2.33. The molecule has 2 aromatic carbocycles. The van der Waals surface area contributed by atoms with E-state index in [2.05, 4.69) is 12.2 Å². The first kappa shape index (κ1) is 24.7. The molecule has 2 amide bonds. The summed E-state index contributed by atoms with van der Waals surface area (Å²) in [6, 6.07) is 12.7. The van der Waals surface area contributed by atoms with Crippen molar-refractivity contribution in [3.8, 4) is 11.5 Å². The lowest BCUT2D eigenvalue weighted by Gasteiger charge is -2.29. The van der Waals surface area contributed by atoms with Gasteiger partial charge in [-0.2, -0.15) is 0 Å². The van der Waals surface area contributed by atoms with Gasteiger partial charge >= 0.3 is 0 Å². The number of ether oxygens (including phenoxy) is 3. The van der Waals surface area contributed by atoms with Crippen LogP contribution in [-0.2, 0) is 20.7 Å². The Morgan fingerprint density at radius 3 is 2.74 bits per heavy atom. The number of nitrogens with one attached hydrogen (secondary N) is 1. The fourth-order valence-electron chi connectivity index (χ4n) is 4.19. The van der Waals surface area contributed by atoms with Crippen LogP contribution in [0.3, 0.4) is 0 Å². The van der Waals surface area contributed by atoms with Crippen molar-refractivity contribution in [2.24, 2.45) is 0 Å². The molecule has 1 N–H and O–H groups in total. The quantitative estimate of drug-likeness (QED) is 0.496. The summed E-state index contributed by atoms with van der Waals surface area (Å²) in [6.07, 6.45) is 3.83. The molecule has 0 spiro atoms. The summed E-state index contributed by atoms with van der Waals surface area (Å²) in [5, 5.41) is 2.90. The van der Waals surface area contributed by atoms with E-state index in [0.29, 0.717) is 48.7 Å². The van der Waals surface area contributed by atoms with Crippen LogP contribution in [0.15, 0.2) is 42.5 Å². The molecule has 8 heteroatoms. The van der Waals surface area contributed by atoms with Crippen molar-refractivity contribution in [3.05, 3.63) is 53.6 Å². The molecule has 0 aliphatic carbocycles. The average molecular weight is 481 g/mol. The monoisotopic (exact) mass is 480 g/mol. The molecule has 2 aliphatic rings. The molecule has 1 saturated heterocycles. The molecule has 2 aromatic rings. The summed E-state index contributed by atoms with van der Waals surface area (Å²) in [4.78, 5) is 39.1. The van der Waals surface area contributed by atoms with E-state index in [4.69, 9.17) is 14.2 Å². The maximum absolute atomic E-state index is 12.8. The zero-order chi connectivity index (χ0) is 24.6. The molecule has 1 unspecified atom stereocenters. The van der Waals surface area contributed by atoms with Gasteiger partial charge in [0.1, 0.15) is 11.5 Å². The number of benzene rings is 2. The number of rotatable bonds is 11. The van der Waals surface area contributed by atoms with Crippen LogP contribution in [0.2, 0.25) is 0 Å². The van der Waals surface area contributed by atoms with E-state index in [-0.39, 0.29) is 36.9 Å². The number of ketones is 1. The Kier molecular flexibility index (Phi) is 8.36. The van der Waals surface area contributed by atoms with Gasteiger partial charge in [-0.3, -0.25) is 14.4 Å². The van der Waals surface area contributed by atoms with Gasteiger partial charge in [-0.25, -0.2) is 0 Å². The average Bonchev–Trinajstić information content (AvgIpc) is 3.41. The summed E-state index contributed by atoms with van der Waals surface area (Å²) < 4.78 is 16.7. The summed E-state index contributed by atoms with van der Waals surface area (Å²) in [5.74, 6) is 0.717. The lowest BCUT2D eigenvalue weighted by atomic mass is 10.1. The van der Waals surface area contributed by atoms with Crippen LogP contribution in [0.4, 0.5) is 5.69 Å². The normalized spacial score (nSPS) is 17.0. The Labute approximate surface area is 205 Å². The number of fused-ring (bicyclic) bond motifs is 1.